The van der Waals surface area contributed by atoms with E-state index in [4.69, 9.17) is 14.5 Å². The maximum absolute atomic E-state index is 9.35. The molecule has 2 fully saturated rings. The van der Waals surface area contributed by atoms with Crippen LogP contribution in [0.15, 0.2) is 54.7 Å². The van der Waals surface area contributed by atoms with Crippen LogP contribution in [0.2, 0.25) is 0 Å². The van der Waals surface area contributed by atoms with Crippen molar-refractivity contribution in [1.29, 1.82) is 0 Å². The first-order chi connectivity index (χ1) is 17.3. The Labute approximate surface area is 205 Å². The third kappa shape index (κ3) is 6.19. The lowest BCUT2D eigenvalue weighted by Gasteiger charge is -2.33. The smallest absolute Gasteiger partial charge is 0.227 e. The first-order valence-corrected chi connectivity index (χ1v) is 12.1. The molecule has 2 aromatic carbocycles. The topological polar surface area (TPSA) is 95.0 Å². The molecule has 2 saturated heterocycles. The molecule has 5 rings (SSSR count). The molecule has 3 N–H and O–H groups in total. The highest BCUT2D eigenvalue weighted by Gasteiger charge is 2.17. The highest BCUT2D eigenvalue weighted by molar-refractivity contribution is 5.71. The van der Waals surface area contributed by atoms with E-state index in [1.807, 2.05) is 30.3 Å². The summed E-state index contributed by atoms with van der Waals surface area (Å²) in [5.74, 6) is 0.556. The molecule has 0 spiro atoms. The van der Waals surface area contributed by atoms with Crippen molar-refractivity contribution in [3.63, 3.8) is 0 Å². The van der Waals surface area contributed by atoms with Crippen molar-refractivity contribution in [3.05, 3.63) is 66.0 Å². The number of nitrogens with zero attached hydrogens (tertiary/aromatic N) is 4. The molecule has 0 unspecified atom stereocenters. The predicted molar refractivity (Wildman–Crippen MR) is 138 cm³/mol. The van der Waals surface area contributed by atoms with Crippen LogP contribution < -0.4 is 20.4 Å². The number of aliphatic hydroxyl groups is 1. The lowest BCUT2D eigenvalue weighted by atomic mass is 10.2. The Morgan fingerprint density at radius 3 is 2.17 bits per heavy atom. The van der Waals surface area contributed by atoms with Gasteiger partial charge in [0.15, 0.2) is 0 Å². The standard InChI is InChI=1S/C26H32N6O3/c33-19-20-2-1-3-21(14-20)28-18-22-4-5-27-26(29-22)30-23-15-24(31-6-10-34-11-7-31)17-25(16-23)32-8-12-35-13-9-32/h1-5,14-17,28,33H,6-13,18-19H2,(H,27,29,30). The first kappa shape index (κ1) is 23.3. The summed E-state index contributed by atoms with van der Waals surface area (Å²) in [6, 6.07) is 16.2. The van der Waals surface area contributed by atoms with Gasteiger partial charge in [-0.1, -0.05) is 12.1 Å². The van der Waals surface area contributed by atoms with Gasteiger partial charge in [-0.05, 0) is 42.0 Å². The third-order valence-electron chi connectivity index (χ3n) is 6.21. The molecule has 2 aliphatic heterocycles. The number of aromatic nitrogens is 2. The Kier molecular flexibility index (Phi) is 7.57. The van der Waals surface area contributed by atoms with E-state index in [2.05, 4.69) is 43.6 Å². The van der Waals surface area contributed by atoms with Crippen molar-refractivity contribution in [2.45, 2.75) is 13.2 Å². The van der Waals surface area contributed by atoms with Crippen LogP contribution in [0.4, 0.5) is 28.7 Å². The second kappa shape index (κ2) is 11.4. The summed E-state index contributed by atoms with van der Waals surface area (Å²) in [7, 11) is 0. The molecule has 0 amide bonds. The van der Waals surface area contributed by atoms with Gasteiger partial charge in [0.25, 0.3) is 0 Å². The normalized spacial score (nSPS) is 16.3. The minimum atomic E-state index is 0.0209. The van der Waals surface area contributed by atoms with Crippen molar-refractivity contribution in [2.75, 3.05) is 73.0 Å². The van der Waals surface area contributed by atoms with Crippen molar-refractivity contribution in [1.82, 2.24) is 9.97 Å². The van der Waals surface area contributed by atoms with Gasteiger partial charge in [0, 0.05) is 55.1 Å². The van der Waals surface area contributed by atoms with Crippen LogP contribution in [0.25, 0.3) is 0 Å². The van der Waals surface area contributed by atoms with Gasteiger partial charge in [0.2, 0.25) is 5.95 Å². The predicted octanol–water partition coefficient (Wildman–Crippen LogP) is 3.00. The van der Waals surface area contributed by atoms with E-state index in [0.29, 0.717) is 12.5 Å². The SMILES string of the molecule is OCc1cccc(NCc2ccnc(Nc3cc(N4CCOCC4)cc(N4CCOCC4)c3)n2)c1. The minimum Gasteiger partial charge on any atom is -0.392 e. The Morgan fingerprint density at radius 1 is 0.829 bits per heavy atom. The molecule has 0 aliphatic carbocycles. The van der Waals surface area contributed by atoms with Crippen molar-refractivity contribution >= 4 is 28.7 Å². The summed E-state index contributed by atoms with van der Waals surface area (Å²) in [5, 5.41) is 16.1. The second-order valence-electron chi connectivity index (χ2n) is 8.65. The van der Waals surface area contributed by atoms with Gasteiger partial charge in [-0.15, -0.1) is 0 Å². The molecule has 2 aliphatic rings. The fourth-order valence-electron chi connectivity index (χ4n) is 4.33. The van der Waals surface area contributed by atoms with E-state index in [-0.39, 0.29) is 6.61 Å². The number of hydrogen-bond acceptors (Lipinski definition) is 9. The number of hydrogen-bond donors (Lipinski definition) is 3. The Morgan fingerprint density at radius 2 is 1.51 bits per heavy atom. The average molecular weight is 477 g/mol. The fraction of sp³-hybridized carbons (Fsp3) is 0.385. The summed E-state index contributed by atoms with van der Waals surface area (Å²) in [6.45, 7) is 7.04. The number of morpholine rings is 2. The van der Waals surface area contributed by atoms with Gasteiger partial charge >= 0.3 is 0 Å². The van der Waals surface area contributed by atoms with Crippen LogP contribution in [0, 0.1) is 0 Å². The quantitative estimate of drug-likeness (QED) is 0.453. The Hall–Kier alpha value is -3.40. The molecule has 184 valence electrons. The van der Waals surface area contributed by atoms with E-state index in [0.717, 1.165) is 75.2 Å². The Balaban J connectivity index is 1.33. The van der Waals surface area contributed by atoms with E-state index >= 15 is 0 Å². The van der Waals surface area contributed by atoms with Crippen molar-refractivity contribution in [2.24, 2.45) is 0 Å². The number of rotatable bonds is 8. The minimum absolute atomic E-state index is 0.0209. The largest absolute Gasteiger partial charge is 0.392 e. The van der Waals surface area contributed by atoms with Gasteiger partial charge in [0.1, 0.15) is 0 Å². The fourth-order valence-corrected chi connectivity index (χ4v) is 4.33. The third-order valence-corrected chi connectivity index (χ3v) is 6.21. The summed E-state index contributed by atoms with van der Waals surface area (Å²) in [6.07, 6.45) is 1.77. The van der Waals surface area contributed by atoms with Crippen LogP contribution in [0.5, 0.6) is 0 Å². The zero-order valence-corrected chi connectivity index (χ0v) is 19.8. The van der Waals surface area contributed by atoms with Gasteiger partial charge in [-0.25, -0.2) is 9.97 Å². The average Bonchev–Trinajstić information content (AvgIpc) is 2.93. The van der Waals surface area contributed by atoms with Crippen LogP contribution >= 0.6 is 0 Å². The highest BCUT2D eigenvalue weighted by atomic mass is 16.5. The van der Waals surface area contributed by atoms with E-state index in [1.165, 1.54) is 11.4 Å². The molecule has 0 atom stereocenters. The number of benzene rings is 2. The van der Waals surface area contributed by atoms with E-state index in [1.54, 1.807) is 6.20 Å². The molecule has 35 heavy (non-hydrogen) atoms. The van der Waals surface area contributed by atoms with Crippen molar-refractivity contribution < 1.29 is 14.6 Å². The molecule has 9 nitrogen and oxygen atoms in total. The van der Waals surface area contributed by atoms with Gasteiger partial charge in [-0.3, -0.25) is 0 Å². The van der Waals surface area contributed by atoms with Gasteiger partial charge in [0.05, 0.1) is 45.3 Å². The van der Waals surface area contributed by atoms with E-state index in [9.17, 15) is 5.11 Å². The van der Waals surface area contributed by atoms with Crippen LogP contribution in [0.3, 0.4) is 0 Å². The highest BCUT2D eigenvalue weighted by Crippen LogP contribution is 2.30. The first-order valence-electron chi connectivity index (χ1n) is 12.1. The van der Waals surface area contributed by atoms with E-state index < -0.39 is 0 Å². The maximum Gasteiger partial charge on any atom is 0.227 e. The lowest BCUT2D eigenvalue weighted by molar-refractivity contribution is 0.122. The van der Waals surface area contributed by atoms with Crippen LogP contribution in [-0.4, -0.2) is 67.7 Å². The maximum atomic E-state index is 9.35. The second-order valence-corrected chi connectivity index (χ2v) is 8.65. The molecule has 9 heteroatoms. The van der Waals surface area contributed by atoms with Crippen molar-refractivity contribution in [3.8, 4) is 0 Å². The zero-order chi connectivity index (χ0) is 23.9. The molecular formula is C26H32N6O3. The summed E-state index contributed by atoms with van der Waals surface area (Å²) < 4.78 is 11.1. The molecular weight excluding hydrogens is 444 g/mol. The number of anilines is 5. The molecule has 0 radical (unpaired) electrons. The zero-order valence-electron chi connectivity index (χ0n) is 19.8. The molecule has 1 aromatic heterocycles. The summed E-state index contributed by atoms with van der Waals surface area (Å²) >= 11 is 0. The van der Waals surface area contributed by atoms with Crippen LogP contribution in [0.1, 0.15) is 11.3 Å². The summed E-state index contributed by atoms with van der Waals surface area (Å²) in [5.41, 5.74) is 5.97. The molecule has 3 aromatic rings. The van der Waals surface area contributed by atoms with Gasteiger partial charge in [-0.2, -0.15) is 0 Å². The molecule has 3 heterocycles. The summed E-state index contributed by atoms with van der Waals surface area (Å²) in [4.78, 5) is 13.9. The number of aliphatic hydroxyl groups excluding tert-OH is 1. The molecule has 0 bridgehead atoms. The number of ether oxygens (including phenoxy) is 2. The monoisotopic (exact) mass is 476 g/mol. The Bertz CT molecular complexity index is 1080. The van der Waals surface area contributed by atoms with Crippen LogP contribution in [-0.2, 0) is 22.6 Å². The van der Waals surface area contributed by atoms with Gasteiger partial charge < -0.3 is 35.0 Å². The number of nitrogens with one attached hydrogen (secondary N) is 2. The molecule has 0 saturated carbocycles. The lowest BCUT2D eigenvalue weighted by Crippen LogP contribution is -2.38.